The molecule has 0 fully saturated rings. The lowest BCUT2D eigenvalue weighted by Crippen LogP contribution is -2.10. The van der Waals surface area contributed by atoms with Gasteiger partial charge < -0.3 is 14.3 Å². The van der Waals surface area contributed by atoms with Crippen LogP contribution in [0.5, 0.6) is 5.75 Å². The SMILES string of the molecule is Cc1c(O)ccc2c(COC(=O)Cc3ccc(Cl)cc3Cl)cc(=O)oc12. The molecule has 7 heteroatoms. The molecule has 0 saturated carbocycles. The lowest BCUT2D eigenvalue weighted by Gasteiger charge is -2.10. The van der Waals surface area contributed by atoms with Crippen LogP contribution in [0.15, 0.2) is 45.6 Å². The molecule has 3 rings (SSSR count). The number of benzene rings is 2. The molecule has 0 saturated heterocycles. The molecular formula is C19H14Cl2O5. The third-order valence-corrected chi connectivity index (χ3v) is 4.54. The Kier molecular flexibility index (Phi) is 5.20. The third kappa shape index (κ3) is 3.84. The van der Waals surface area contributed by atoms with Gasteiger partial charge in [-0.25, -0.2) is 4.79 Å². The van der Waals surface area contributed by atoms with Crippen molar-refractivity contribution >= 4 is 40.1 Å². The molecule has 0 amide bonds. The highest BCUT2D eigenvalue weighted by Gasteiger charge is 2.13. The molecule has 1 heterocycles. The number of fused-ring (bicyclic) bond motifs is 1. The van der Waals surface area contributed by atoms with Gasteiger partial charge in [0.15, 0.2) is 0 Å². The van der Waals surface area contributed by atoms with Gasteiger partial charge in [0.2, 0.25) is 0 Å². The molecule has 1 N–H and O–H groups in total. The minimum atomic E-state index is -0.585. The van der Waals surface area contributed by atoms with Crippen molar-refractivity contribution < 1.29 is 19.1 Å². The third-order valence-electron chi connectivity index (χ3n) is 3.96. The molecule has 0 aliphatic rings. The number of halogens is 2. The molecule has 2 aromatic carbocycles. The summed E-state index contributed by atoms with van der Waals surface area (Å²) in [4.78, 5) is 23.9. The summed E-state index contributed by atoms with van der Waals surface area (Å²) in [7, 11) is 0. The smallest absolute Gasteiger partial charge is 0.336 e. The lowest BCUT2D eigenvalue weighted by atomic mass is 10.1. The maximum absolute atomic E-state index is 12.1. The summed E-state index contributed by atoms with van der Waals surface area (Å²) < 4.78 is 10.4. The zero-order chi connectivity index (χ0) is 18.8. The maximum atomic E-state index is 12.1. The Morgan fingerprint density at radius 2 is 1.92 bits per heavy atom. The first-order valence-electron chi connectivity index (χ1n) is 7.70. The Morgan fingerprint density at radius 3 is 2.65 bits per heavy atom. The minimum Gasteiger partial charge on any atom is -0.508 e. The maximum Gasteiger partial charge on any atom is 0.336 e. The number of aryl methyl sites for hydroxylation is 1. The highest BCUT2D eigenvalue weighted by Crippen LogP contribution is 2.28. The lowest BCUT2D eigenvalue weighted by molar-refractivity contribution is -0.144. The van der Waals surface area contributed by atoms with Gasteiger partial charge in [-0.15, -0.1) is 0 Å². The van der Waals surface area contributed by atoms with Crippen LogP contribution in [0.4, 0.5) is 0 Å². The van der Waals surface area contributed by atoms with Crippen molar-refractivity contribution in [3.8, 4) is 5.75 Å². The normalized spacial score (nSPS) is 10.9. The summed E-state index contributed by atoms with van der Waals surface area (Å²) >= 11 is 11.9. The molecule has 0 aliphatic heterocycles. The van der Waals surface area contributed by atoms with Gasteiger partial charge in [0, 0.05) is 32.6 Å². The summed E-state index contributed by atoms with van der Waals surface area (Å²) in [5.41, 5.74) is 1.22. The Morgan fingerprint density at radius 1 is 1.15 bits per heavy atom. The van der Waals surface area contributed by atoms with Crippen LogP contribution >= 0.6 is 23.2 Å². The van der Waals surface area contributed by atoms with Crippen LogP contribution in [-0.4, -0.2) is 11.1 Å². The largest absolute Gasteiger partial charge is 0.508 e. The number of esters is 1. The van der Waals surface area contributed by atoms with E-state index in [4.69, 9.17) is 32.4 Å². The minimum absolute atomic E-state index is 0.0187. The van der Waals surface area contributed by atoms with Gasteiger partial charge in [0.1, 0.15) is 17.9 Å². The Balaban J connectivity index is 1.80. The van der Waals surface area contributed by atoms with Crippen LogP contribution < -0.4 is 5.63 Å². The predicted molar refractivity (Wildman–Crippen MR) is 98.8 cm³/mol. The van der Waals surface area contributed by atoms with Gasteiger partial charge in [-0.05, 0) is 36.8 Å². The van der Waals surface area contributed by atoms with Gasteiger partial charge in [-0.1, -0.05) is 29.3 Å². The van der Waals surface area contributed by atoms with E-state index in [0.29, 0.717) is 32.1 Å². The van der Waals surface area contributed by atoms with Crippen molar-refractivity contribution in [3.05, 3.63) is 73.6 Å². The van der Waals surface area contributed by atoms with Crippen molar-refractivity contribution in [3.63, 3.8) is 0 Å². The Labute approximate surface area is 158 Å². The zero-order valence-electron chi connectivity index (χ0n) is 13.7. The number of phenolic OH excluding ortho intramolecular Hbond substituents is 1. The van der Waals surface area contributed by atoms with Crippen LogP contribution in [0, 0.1) is 6.92 Å². The van der Waals surface area contributed by atoms with E-state index in [1.54, 1.807) is 31.2 Å². The predicted octanol–water partition coefficient (Wildman–Crippen LogP) is 4.40. The first-order chi connectivity index (χ1) is 12.3. The molecule has 3 aromatic rings. The molecule has 0 atom stereocenters. The molecule has 26 heavy (non-hydrogen) atoms. The van der Waals surface area contributed by atoms with Crippen LogP contribution in [0.25, 0.3) is 11.0 Å². The molecule has 0 spiro atoms. The molecule has 134 valence electrons. The average molecular weight is 393 g/mol. The molecule has 1 aromatic heterocycles. The Bertz CT molecular complexity index is 1060. The Hall–Kier alpha value is -2.50. The molecule has 0 aliphatic carbocycles. The van der Waals surface area contributed by atoms with Crippen molar-refractivity contribution in [2.45, 2.75) is 20.0 Å². The second kappa shape index (κ2) is 7.40. The van der Waals surface area contributed by atoms with Crippen LogP contribution in [0.1, 0.15) is 16.7 Å². The fourth-order valence-electron chi connectivity index (χ4n) is 2.56. The quantitative estimate of drug-likeness (QED) is 0.525. The zero-order valence-corrected chi connectivity index (χ0v) is 15.2. The highest BCUT2D eigenvalue weighted by atomic mass is 35.5. The van der Waals surface area contributed by atoms with Gasteiger partial charge in [-0.3, -0.25) is 4.79 Å². The fraction of sp³-hybridized carbons (Fsp3) is 0.158. The van der Waals surface area contributed by atoms with Crippen LogP contribution in [-0.2, 0) is 22.6 Å². The summed E-state index contributed by atoms with van der Waals surface area (Å²) in [6, 6.07) is 9.22. The van der Waals surface area contributed by atoms with Crippen LogP contribution in [0.2, 0.25) is 10.0 Å². The molecule has 0 radical (unpaired) electrons. The number of phenols is 1. The first kappa shape index (κ1) is 18.3. The van der Waals surface area contributed by atoms with Crippen LogP contribution in [0.3, 0.4) is 0 Å². The fourth-order valence-corrected chi connectivity index (χ4v) is 3.04. The second-order valence-corrected chi connectivity index (χ2v) is 6.59. The average Bonchev–Trinajstić information content (AvgIpc) is 2.59. The van der Waals surface area contributed by atoms with E-state index in [9.17, 15) is 14.7 Å². The van der Waals surface area contributed by atoms with Gasteiger partial charge >= 0.3 is 11.6 Å². The van der Waals surface area contributed by atoms with E-state index in [0.717, 1.165) is 0 Å². The highest BCUT2D eigenvalue weighted by molar-refractivity contribution is 6.35. The summed E-state index contributed by atoms with van der Waals surface area (Å²) in [6.45, 7) is 1.54. The number of hydrogen-bond acceptors (Lipinski definition) is 5. The number of carbonyl (C=O) groups is 1. The van der Waals surface area contributed by atoms with Crippen molar-refractivity contribution in [2.24, 2.45) is 0 Å². The summed E-state index contributed by atoms with van der Waals surface area (Å²) in [6.07, 6.45) is -0.0187. The molecular weight excluding hydrogens is 379 g/mol. The van der Waals surface area contributed by atoms with Gasteiger partial charge in [0.25, 0.3) is 0 Å². The molecule has 5 nitrogen and oxygen atoms in total. The number of hydrogen-bond donors (Lipinski definition) is 1. The van der Waals surface area contributed by atoms with Crippen molar-refractivity contribution in [1.82, 2.24) is 0 Å². The van der Waals surface area contributed by atoms with E-state index >= 15 is 0 Å². The number of carbonyl (C=O) groups excluding carboxylic acids is 1. The van der Waals surface area contributed by atoms with E-state index in [2.05, 4.69) is 0 Å². The topological polar surface area (TPSA) is 76.7 Å². The number of rotatable bonds is 4. The summed E-state index contributed by atoms with van der Waals surface area (Å²) in [5.74, 6) is -0.474. The van der Waals surface area contributed by atoms with E-state index in [-0.39, 0.29) is 24.4 Å². The second-order valence-electron chi connectivity index (χ2n) is 5.75. The monoisotopic (exact) mass is 392 g/mol. The van der Waals surface area contributed by atoms with Crippen molar-refractivity contribution in [2.75, 3.05) is 0 Å². The van der Waals surface area contributed by atoms with E-state index < -0.39 is 11.6 Å². The molecule has 0 unspecified atom stereocenters. The van der Waals surface area contributed by atoms with Gasteiger partial charge in [0.05, 0.1) is 6.42 Å². The van der Waals surface area contributed by atoms with Gasteiger partial charge in [-0.2, -0.15) is 0 Å². The summed E-state index contributed by atoms with van der Waals surface area (Å²) in [5, 5.41) is 11.2. The standard InChI is InChI=1S/C19H14Cl2O5/c1-10-16(22)5-4-14-12(7-18(24)26-19(10)14)9-25-17(23)6-11-2-3-13(20)8-15(11)21/h2-5,7-8,22H,6,9H2,1H3. The molecule has 0 bridgehead atoms. The van der Waals surface area contributed by atoms with E-state index in [1.807, 2.05) is 0 Å². The van der Waals surface area contributed by atoms with Crippen molar-refractivity contribution in [1.29, 1.82) is 0 Å². The number of aromatic hydroxyl groups is 1. The number of ether oxygens (including phenoxy) is 1. The van der Waals surface area contributed by atoms with E-state index in [1.165, 1.54) is 12.1 Å². The first-order valence-corrected chi connectivity index (χ1v) is 8.45.